The molecule has 1 N–H and O–H groups in total. The predicted molar refractivity (Wildman–Crippen MR) is 64.6 cm³/mol. The van der Waals surface area contributed by atoms with Crippen LogP contribution in [0.1, 0.15) is 20.8 Å². The SMILES string of the molecule is CC(C)(C)[S@@+]([O-])Nc1cccc(OC(F)F)c1. The van der Waals surface area contributed by atoms with Crippen LogP contribution in [0.3, 0.4) is 0 Å². The van der Waals surface area contributed by atoms with Crippen LogP contribution in [0.5, 0.6) is 5.75 Å². The van der Waals surface area contributed by atoms with Crippen molar-refractivity contribution in [1.82, 2.24) is 0 Å². The van der Waals surface area contributed by atoms with Gasteiger partial charge in [-0.05, 0) is 32.9 Å². The summed E-state index contributed by atoms with van der Waals surface area (Å²) in [5.74, 6) is 0.0379. The minimum absolute atomic E-state index is 0.0379. The number of rotatable bonds is 4. The Morgan fingerprint density at radius 1 is 1.35 bits per heavy atom. The van der Waals surface area contributed by atoms with Gasteiger partial charge in [-0.3, -0.25) is 0 Å². The number of anilines is 1. The molecule has 1 aromatic rings. The van der Waals surface area contributed by atoms with Gasteiger partial charge in [0.05, 0.1) is 17.0 Å². The Morgan fingerprint density at radius 3 is 2.53 bits per heavy atom. The van der Waals surface area contributed by atoms with Gasteiger partial charge in [-0.2, -0.15) is 8.78 Å². The van der Waals surface area contributed by atoms with Crippen LogP contribution in [0.25, 0.3) is 0 Å². The summed E-state index contributed by atoms with van der Waals surface area (Å²) in [7, 11) is 0. The molecule has 1 aromatic carbocycles. The Balaban J connectivity index is 2.72. The second-order valence-electron chi connectivity index (χ2n) is 4.39. The van der Waals surface area contributed by atoms with Crippen LogP contribution in [-0.2, 0) is 11.4 Å². The van der Waals surface area contributed by atoms with Crippen molar-refractivity contribution in [2.75, 3.05) is 4.72 Å². The third-order valence-corrected chi connectivity index (χ3v) is 3.36. The highest BCUT2D eigenvalue weighted by atomic mass is 32.2. The average Bonchev–Trinajstić information content (AvgIpc) is 2.15. The summed E-state index contributed by atoms with van der Waals surface area (Å²) >= 11 is -1.30. The van der Waals surface area contributed by atoms with E-state index in [4.69, 9.17) is 0 Å². The van der Waals surface area contributed by atoms with Crippen LogP contribution in [0.15, 0.2) is 24.3 Å². The van der Waals surface area contributed by atoms with E-state index in [9.17, 15) is 13.3 Å². The van der Waals surface area contributed by atoms with E-state index < -0.39 is 22.7 Å². The first-order chi connectivity index (χ1) is 7.79. The molecule has 0 heterocycles. The van der Waals surface area contributed by atoms with Gasteiger partial charge in [-0.15, -0.1) is 0 Å². The van der Waals surface area contributed by atoms with Gasteiger partial charge in [0.25, 0.3) is 0 Å². The number of alkyl halides is 2. The number of halogens is 2. The van der Waals surface area contributed by atoms with Crippen LogP contribution in [-0.4, -0.2) is 15.9 Å². The molecule has 0 saturated carbocycles. The van der Waals surface area contributed by atoms with Gasteiger partial charge < -0.3 is 9.29 Å². The fourth-order valence-corrected chi connectivity index (χ4v) is 1.64. The predicted octanol–water partition coefficient (Wildman–Crippen LogP) is 3.16. The molecule has 1 atom stereocenters. The number of hydrogen-bond acceptors (Lipinski definition) is 3. The Labute approximate surface area is 102 Å². The second-order valence-corrected chi connectivity index (χ2v) is 6.36. The highest BCUT2D eigenvalue weighted by molar-refractivity contribution is 7.94. The van der Waals surface area contributed by atoms with Crippen LogP contribution in [0.4, 0.5) is 14.5 Å². The van der Waals surface area contributed by atoms with Gasteiger partial charge in [0.2, 0.25) is 0 Å². The van der Waals surface area contributed by atoms with E-state index in [1.165, 1.54) is 12.1 Å². The van der Waals surface area contributed by atoms with Crippen molar-refractivity contribution in [2.45, 2.75) is 32.1 Å². The van der Waals surface area contributed by atoms with Crippen molar-refractivity contribution < 1.29 is 18.1 Å². The van der Waals surface area contributed by atoms with Gasteiger partial charge in [0.15, 0.2) is 0 Å². The molecule has 0 aliphatic carbocycles. The number of benzene rings is 1. The molecule has 0 spiro atoms. The zero-order valence-corrected chi connectivity index (χ0v) is 10.7. The van der Waals surface area contributed by atoms with Crippen molar-refractivity contribution in [3.05, 3.63) is 24.3 Å². The number of nitrogens with one attached hydrogen (secondary N) is 1. The number of ether oxygens (including phenoxy) is 1. The average molecular weight is 263 g/mol. The largest absolute Gasteiger partial charge is 0.593 e. The third-order valence-electron chi connectivity index (χ3n) is 1.83. The maximum atomic E-state index is 12.0. The Morgan fingerprint density at radius 2 is 2.00 bits per heavy atom. The van der Waals surface area contributed by atoms with Gasteiger partial charge >= 0.3 is 6.61 Å². The van der Waals surface area contributed by atoms with E-state index in [1.807, 2.05) is 20.8 Å². The molecule has 0 radical (unpaired) electrons. The molecule has 96 valence electrons. The molecule has 0 saturated heterocycles. The monoisotopic (exact) mass is 263 g/mol. The lowest BCUT2D eigenvalue weighted by Crippen LogP contribution is -2.33. The quantitative estimate of drug-likeness (QED) is 0.849. The molecule has 0 aliphatic rings. The molecule has 6 heteroatoms. The lowest BCUT2D eigenvalue weighted by molar-refractivity contribution is -0.0497. The van der Waals surface area contributed by atoms with Crippen molar-refractivity contribution in [3.63, 3.8) is 0 Å². The summed E-state index contributed by atoms with van der Waals surface area (Å²) in [4.78, 5) is 0. The summed E-state index contributed by atoms with van der Waals surface area (Å²) in [5.41, 5.74) is 0.483. The van der Waals surface area contributed by atoms with Gasteiger partial charge in [-0.25, -0.2) is 4.72 Å². The van der Waals surface area contributed by atoms with E-state index >= 15 is 0 Å². The molecule has 1 rings (SSSR count). The zero-order valence-electron chi connectivity index (χ0n) is 9.87. The Kier molecular flexibility index (Phi) is 4.59. The summed E-state index contributed by atoms with van der Waals surface area (Å²) in [6.45, 7) is 2.58. The molecule has 0 fully saturated rings. The fraction of sp³-hybridized carbons (Fsp3) is 0.455. The summed E-state index contributed by atoms with van der Waals surface area (Å²) in [6.07, 6.45) is 0. The van der Waals surface area contributed by atoms with Crippen molar-refractivity contribution in [3.8, 4) is 5.75 Å². The van der Waals surface area contributed by atoms with Crippen LogP contribution in [0, 0.1) is 0 Å². The van der Waals surface area contributed by atoms with Gasteiger partial charge in [0.1, 0.15) is 10.5 Å². The van der Waals surface area contributed by atoms with Crippen LogP contribution in [0.2, 0.25) is 0 Å². The Hall–Kier alpha value is -1.01. The highest BCUT2D eigenvalue weighted by Gasteiger charge is 2.26. The van der Waals surface area contributed by atoms with Crippen LogP contribution < -0.4 is 9.46 Å². The maximum absolute atomic E-state index is 12.0. The summed E-state index contributed by atoms with van der Waals surface area (Å²) in [5, 5.41) is 0. The fourth-order valence-electron chi connectivity index (χ4n) is 0.996. The third kappa shape index (κ3) is 4.79. The molecule has 0 bridgehead atoms. The molecular formula is C11H15F2NO2S. The molecule has 0 amide bonds. The lowest BCUT2D eigenvalue weighted by Gasteiger charge is -2.24. The summed E-state index contributed by atoms with van der Waals surface area (Å²) < 4.78 is 42.3. The van der Waals surface area contributed by atoms with E-state index in [-0.39, 0.29) is 5.75 Å². The maximum Gasteiger partial charge on any atom is 0.387 e. The zero-order chi connectivity index (χ0) is 13.1. The standard InChI is InChI=1S/C11H15F2NO2S/c1-11(2,3)17(15)14-8-5-4-6-9(7-8)16-10(12)13/h4-7,10,14H,1-3H3/t17-/m1/s1. The van der Waals surface area contributed by atoms with Crippen molar-refractivity contribution in [2.24, 2.45) is 0 Å². The molecule has 0 aromatic heterocycles. The lowest BCUT2D eigenvalue weighted by atomic mass is 10.3. The highest BCUT2D eigenvalue weighted by Crippen LogP contribution is 2.23. The van der Waals surface area contributed by atoms with Crippen LogP contribution >= 0.6 is 0 Å². The first-order valence-electron chi connectivity index (χ1n) is 5.02. The minimum atomic E-state index is -2.86. The van der Waals surface area contributed by atoms with E-state index in [0.29, 0.717) is 5.69 Å². The minimum Gasteiger partial charge on any atom is -0.593 e. The first-order valence-corrected chi connectivity index (χ1v) is 6.17. The smallest absolute Gasteiger partial charge is 0.387 e. The first kappa shape index (κ1) is 14.1. The topological polar surface area (TPSA) is 44.3 Å². The molecular weight excluding hydrogens is 248 g/mol. The summed E-state index contributed by atoms with van der Waals surface area (Å²) in [6, 6.07) is 6.00. The van der Waals surface area contributed by atoms with Crippen molar-refractivity contribution in [1.29, 1.82) is 0 Å². The molecule has 3 nitrogen and oxygen atoms in total. The second kappa shape index (κ2) is 5.55. The normalized spacial score (nSPS) is 13.6. The molecule has 0 aliphatic heterocycles. The Bertz CT molecular complexity index is 369. The molecule has 17 heavy (non-hydrogen) atoms. The van der Waals surface area contributed by atoms with E-state index in [1.54, 1.807) is 12.1 Å². The van der Waals surface area contributed by atoms with E-state index in [0.717, 1.165) is 0 Å². The van der Waals surface area contributed by atoms with Gasteiger partial charge in [0, 0.05) is 6.07 Å². The molecule has 0 unspecified atom stereocenters. The van der Waals surface area contributed by atoms with Crippen molar-refractivity contribution >= 4 is 17.0 Å². The van der Waals surface area contributed by atoms with Gasteiger partial charge in [-0.1, -0.05) is 6.07 Å². The number of hydrogen-bond donors (Lipinski definition) is 1. The van der Waals surface area contributed by atoms with E-state index in [2.05, 4.69) is 9.46 Å².